The monoisotopic (exact) mass is 877 g/mol. The van der Waals surface area contributed by atoms with E-state index in [1.54, 1.807) is 12.1 Å². The molecule has 2 amide bonds. The lowest BCUT2D eigenvalue weighted by atomic mass is 9.61. The Morgan fingerprint density at radius 1 is 0.909 bits per heavy atom. The van der Waals surface area contributed by atoms with Crippen LogP contribution in [0.4, 0.5) is 10.1 Å². The number of hydrogen-bond acceptors (Lipinski definition) is 5. The first-order chi connectivity index (χ1) is 26.4. The van der Waals surface area contributed by atoms with E-state index in [0.29, 0.717) is 64.8 Å². The zero-order valence-electron chi connectivity index (χ0n) is 31.3. The van der Waals surface area contributed by atoms with E-state index >= 15 is 9.18 Å². The number of anilines is 1. The summed E-state index contributed by atoms with van der Waals surface area (Å²) in [4.78, 5) is 30.1. The number of carbonyl (C=O) groups is 2. The van der Waals surface area contributed by atoms with E-state index in [2.05, 4.69) is 52.0 Å². The number of carbonyl (C=O) groups excluding carboxylic acids is 2. The van der Waals surface area contributed by atoms with Crippen molar-refractivity contribution < 1.29 is 24.2 Å². The van der Waals surface area contributed by atoms with Gasteiger partial charge >= 0.3 is 0 Å². The lowest BCUT2D eigenvalue weighted by Crippen LogP contribution is -2.58. The van der Waals surface area contributed by atoms with Gasteiger partial charge in [0.25, 0.3) is 0 Å². The molecule has 4 N–H and O–H groups in total. The molecule has 1 aliphatic heterocycles. The lowest BCUT2D eigenvalue weighted by molar-refractivity contribution is -0.133. The van der Waals surface area contributed by atoms with Crippen molar-refractivity contribution in [3.05, 3.63) is 134 Å². The first kappa shape index (κ1) is 39.9. The van der Waals surface area contributed by atoms with Gasteiger partial charge in [0.1, 0.15) is 5.82 Å². The van der Waals surface area contributed by atoms with Gasteiger partial charge in [0, 0.05) is 37.7 Å². The van der Waals surface area contributed by atoms with Crippen molar-refractivity contribution in [3.63, 3.8) is 0 Å². The van der Waals surface area contributed by atoms with Crippen molar-refractivity contribution in [1.29, 1.82) is 0 Å². The van der Waals surface area contributed by atoms with Crippen LogP contribution < -0.4 is 10.6 Å². The maximum Gasteiger partial charge on any atom is 0.238 e. The van der Waals surface area contributed by atoms with Crippen LogP contribution in [0.2, 0.25) is 5.02 Å². The molecule has 1 spiro atoms. The Balaban J connectivity index is 1.55. The molecule has 1 heterocycles. The SMILES string of the molecule is CC1(C)CCC2(CC1)C(c1ccc(Cl)cc1NC=O)[C@@H](c1cc(F)cc(I)c1)[C@H](C(=O)N[C@H]1CC[C@H](O)CC1)N2[C@H](c1ccccc1)[C@@H](O)c1ccccc1. The van der Waals surface area contributed by atoms with Crippen LogP contribution in [0.3, 0.4) is 0 Å². The van der Waals surface area contributed by atoms with Crippen molar-refractivity contribution in [2.24, 2.45) is 5.41 Å². The molecule has 2 aliphatic carbocycles. The molecule has 0 aromatic heterocycles. The predicted molar refractivity (Wildman–Crippen MR) is 223 cm³/mol. The minimum atomic E-state index is -1.04. The summed E-state index contributed by atoms with van der Waals surface area (Å²) in [6, 6.07) is 28.3. The van der Waals surface area contributed by atoms with Gasteiger partial charge in [0.2, 0.25) is 12.3 Å². The molecule has 0 bridgehead atoms. The zero-order valence-corrected chi connectivity index (χ0v) is 34.2. The molecule has 7 rings (SSSR count). The van der Waals surface area contributed by atoms with Crippen molar-refractivity contribution in [2.75, 3.05) is 5.32 Å². The molecule has 3 aliphatic rings. The molecule has 10 heteroatoms. The fraction of sp³-hybridized carbons (Fsp3) is 0.422. The number of aliphatic hydroxyl groups excluding tert-OH is 2. The van der Waals surface area contributed by atoms with E-state index in [1.807, 2.05) is 78.9 Å². The third-order valence-corrected chi connectivity index (χ3v) is 13.4. The van der Waals surface area contributed by atoms with Gasteiger partial charge in [-0.25, -0.2) is 4.39 Å². The molecule has 0 radical (unpaired) electrons. The van der Waals surface area contributed by atoms with Gasteiger partial charge in [0.15, 0.2) is 0 Å². The number of halogens is 3. The quantitative estimate of drug-likeness (QED) is 0.0940. The number of hydrogen-bond donors (Lipinski definition) is 4. The topological polar surface area (TPSA) is 102 Å². The Labute approximate surface area is 342 Å². The Morgan fingerprint density at radius 2 is 1.55 bits per heavy atom. The number of likely N-dealkylation sites (tertiary alicyclic amines) is 1. The number of rotatable bonds is 10. The summed E-state index contributed by atoms with van der Waals surface area (Å²) in [6.45, 7) is 4.55. The van der Waals surface area contributed by atoms with Gasteiger partial charge < -0.3 is 20.8 Å². The molecule has 55 heavy (non-hydrogen) atoms. The second-order valence-electron chi connectivity index (χ2n) is 16.5. The molecule has 290 valence electrons. The number of nitrogens with one attached hydrogen (secondary N) is 2. The molecule has 1 saturated heterocycles. The molecule has 4 aromatic rings. The Hall–Kier alpha value is -3.35. The molecular formula is C45H50ClFIN3O4. The molecular weight excluding hydrogens is 828 g/mol. The largest absolute Gasteiger partial charge is 0.393 e. The van der Waals surface area contributed by atoms with Gasteiger partial charge in [0.05, 0.1) is 24.3 Å². The van der Waals surface area contributed by atoms with E-state index in [1.165, 1.54) is 6.07 Å². The van der Waals surface area contributed by atoms with Crippen LogP contribution in [0.15, 0.2) is 97.1 Å². The normalized spacial score (nSPS) is 25.9. The molecule has 4 aromatic carbocycles. The van der Waals surface area contributed by atoms with Crippen LogP contribution >= 0.6 is 34.2 Å². The standard InChI is InChI=1S/C45H50ClFIN3O4/c1-44(2)19-21-45(22-20-44)39(36-18-13-31(46)25-37(36)49-27-52)38(30-23-32(47)26-33(48)24-30)41(43(55)50-34-14-16-35(53)17-15-34)51(45)40(28-9-5-3-6-10-28)42(54)29-11-7-4-8-12-29/h3-13,18,23-27,34-35,38-42,53-54H,14-17,19-22H2,1-2H3,(H,49,52)(H,50,55)/t34-,35-,38-,39?,40-,41-,42+/m1/s1. The van der Waals surface area contributed by atoms with Crippen LogP contribution in [0.25, 0.3) is 0 Å². The van der Waals surface area contributed by atoms with E-state index in [0.717, 1.165) is 29.5 Å². The van der Waals surface area contributed by atoms with Crippen LogP contribution in [-0.4, -0.2) is 51.2 Å². The second kappa shape index (κ2) is 16.6. The van der Waals surface area contributed by atoms with Gasteiger partial charge in [-0.15, -0.1) is 0 Å². The maximum atomic E-state index is 15.7. The Morgan fingerprint density at radius 3 is 2.16 bits per heavy atom. The van der Waals surface area contributed by atoms with Crippen molar-refractivity contribution in [3.8, 4) is 0 Å². The van der Waals surface area contributed by atoms with Crippen LogP contribution in [0, 0.1) is 14.8 Å². The fourth-order valence-electron chi connectivity index (χ4n) is 9.89. The van der Waals surface area contributed by atoms with Gasteiger partial charge in [-0.3, -0.25) is 14.5 Å². The van der Waals surface area contributed by atoms with E-state index in [9.17, 15) is 15.0 Å². The van der Waals surface area contributed by atoms with Crippen molar-refractivity contribution in [2.45, 2.75) is 113 Å². The molecule has 3 fully saturated rings. The zero-order chi connectivity index (χ0) is 38.9. The Kier molecular flexibility index (Phi) is 12.1. The summed E-state index contributed by atoms with van der Waals surface area (Å²) in [6.07, 6.45) is 4.73. The summed E-state index contributed by atoms with van der Waals surface area (Å²) >= 11 is 8.74. The van der Waals surface area contributed by atoms with Crippen LogP contribution in [0.1, 0.15) is 111 Å². The van der Waals surface area contributed by atoms with E-state index < -0.39 is 47.5 Å². The smallest absolute Gasteiger partial charge is 0.238 e. The number of amides is 2. The lowest BCUT2D eigenvalue weighted by Gasteiger charge is -2.53. The molecule has 7 nitrogen and oxygen atoms in total. The maximum absolute atomic E-state index is 15.7. The van der Waals surface area contributed by atoms with Gasteiger partial charge in [-0.05, 0) is 132 Å². The minimum Gasteiger partial charge on any atom is -0.393 e. The first-order valence-electron chi connectivity index (χ1n) is 19.4. The Bertz CT molecular complexity index is 1950. The van der Waals surface area contributed by atoms with Crippen LogP contribution in [0.5, 0.6) is 0 Å². The predicted octanol–water partition coefficient (Wildman–Crippen LogP) is 9.44. The highest BCUT2D eigenvalue weighted by atomic mass is 127. The average Bonchev–Trinajstić information content (AvgIpc) is 3.44. The average molecular weight is 878 g/mol. The highest BCUT2D eigenvalue weighted by Crippen LogP contribution is 2.65. The van der Waals surface area contributed by atoms with E-state index in [-0.39, 0.29) is 17.4 Å². The minimum absolute atomic E-state index is 0.0125. The van der Waals surface area contributed by atoms with Crippen LogP contribution in [-0.2, 0) is 9.59 Å². The molecule has 1 unspecified atom stereocenters. The third kappa shape index (κ3) is 8.24. The molecule has 2 saturated carbocycles. The molecule has 5 atom stereocenters. The van der Waals surface area contributed by atoms with Gasteiger partial charge in [-0.2, -0.15) is 0 Å². The number of nitrogens with zero attached hydrogens (tertiary/aromatic N) is 1. The summed E-state index contributed by atoms with van der Waals surface area (Å²) < 4.78 is 16.5. The summed E-state index contributed by atoms with van der Waals surface area (Å²) in [5.74, 6) is -1.65. The summed E-state index contributed by atoms with van der Waals surface area (Å²) in [7, 11) is 0. The second-order valence-corrected chi connectivity index (χ2v) is 18.2. The van der Waals surface area contributed by atoms with E-state index in [4.69, 9.17) is 11.6 Å². The number of benzene rings is 4. The summed E-state index contributed by atoms with van der Waals surface area (Å²) in [5.41, 5.74) is 2.85. The number of aliphatic hydroxyl groups is 2. The van der Waals surface area contributed by atoms with Crippen molar-refractivity contribution >= 4 is 52.2 Å². The third-order valence-electron chi connectivity index (χ3n) is 12.6. The van der Waals surface area contributed by atoms with Crippen molar-refractivity contribution in [1.82, 2.24) is 10.2 Å². The highest BCUT2D eigenvalue weighted by molar-refractivity contribution is 14.1. The fourth-order valence-corrected chi connectivity index (χ4v) is 10.7. The first-order valence-corrected chi connectivity index (χ1v) is 20.9. The highest BCUT2D eigenvalue weighted by Gasteiger charge is 2.65. The summed E-state index contributed by atoms with van der Waals surface area (Å²) in [5, 5.41) is 30.0. The van der Waals surface area contributed by atoms with Gasteiger partial charge in [-0.1, -0.05) is 92.2 Å².